The van der Waals surface area contributed by atoms with Gasteiger partial charge in [0.1, 0.15) is 0 Å². The number of benzene rings is 2. The Balaban J connectivity index is 2.07. The topological polar surface area (TPSA) is 55.1 Å². The summed E-state index contributed by atoms with van der Waals surface area (Å²) < 4.78 is 0. The standard InChI is InChI=1S/C17H20N2O/c1-13(14-8-4-2-5-9-14)19-17(20)16(12-18)15-10-6-3-7-11-15/h2-11,13,16H,12,18H2,1H3,(H,19,20)/t13-,16?/m0/s1. The minimum Gasteiger partial charge on any atom is -0.349 e. The number of rotatable bonds is 5. The quantitative estimate of drug-likeness (QED) is 0.875. The molecular weight excluding hydrogens is 248 g/mol. The number of carbonyl (C=O) groups excluding carboxylic acids is 1. The molecule has 3 nitrogen and oxygen atoms in total. The highest BCUT2D eigenvalue weighted by atomic mass is 16.1. The van der Waals surface area contributed by atoms with Crippen LogP contribution in [0.3, 0.4) is 0 Å². The third-order valence-electron chi connectivity index (χ3n) is 3.41. The molecule has 3 N–H and O–H groups in total. The SMILES string of the molecule is C[C@H](NC(=O)C(CN)c1ccccc1)c1ccccc1. The first-order valence-electron chi connectivity index (χ1n) is 6.82. The average Bonchev–Trinajstić information content (AvgIpc) is 2.50. The fourth-order valence-corrected chi connectivity index (χ4v) is 2.22. The van der Waals surface area contributed by atoms with Crippen molar-refractivity contribution in [1.29, 1.82) is 0 Å². The summed E-state index contributed by atoms with van der Waals surface area (Å²) in [5.41, 5.74) is 7.80. The van der Waals surface area contributed by atoms with Gasteiger partial charge in [-0.1, -0.05) is 60.7 Å². The molecule has 0 saturated heterocycles. The smallest absolute Gasteiger partial charge is 0.229 e. The molecule has 3 heteroatoms. The molecule has 1 unspecified atom stereocenters. The maximum absolute atomic E-state index is 12.4. The number of hydrogen-bond donors (Lipinski definition) is 2. The first-order chi connectivity index (χ1) is 9.72. The van der Waals surface area contributed by atoms with Gasteiger partial charge in [0.05, 0.1) is 12.0 Å². The molecular formula is C17H20N2O. The molecule has 2 aromatic carbocycles. The van der Waals surface area contributed by atoms with Crippen molar-refractivity contribution in [1.82, 2.24) is 5.32 Å². The lowest BCUT2D eigenvalue weighted by atomic mass is 9.97. The van der Waals surface area contributed by atoms with E-state index in [1.54, 1.807) is 0 Å². The van der Waals surface area contributed by atoms with Crippen LogP contribution in [0.15, 0.2) is 60.7 Å². The van der Waals surface area contributed by atoms with Gasteiger partial charge in [0.15, 0.2) is 0 Å². The van der Waals surface area contributed by atoms with Gasteiger partial charge in [-0.15, -0.1) is 0 Å². The molecule has 0 fully saturated rings. The molecule has 0 heterocycles. The Labute approximate surface area is 119 Å². The highest BCUT2D eigenvalue weighted by Crippen LogP contribution is 2.17. The summed E-state index contributed by atoms with van der Waals surface area (Å²) in [6, 6.07) is 19.5. The van der Waals surface area contributed by atoms with Crippen molar-refractivity contribution in [3.8, 4) is 0 Å². The number of carbonyl (C=O) groups is 1. The molecule has 2 rings (SSSR count). The van der Waals surface area contributed by atoms with Gasteiger partial charge in [-0.05, 0) is 18.1 Å². The van der Waals surface area contributed by atoms with Crippen LogP contribution in [0.5, 0.6) is 0 Å². The van der Waals surface area contributed by atoms with Crippen molar-refractivity contribution < 1.29 is 4.79 Å². The predicted molar refractivity (Wildman–Crippen MR) is 81.2 cm³/mol. The van der Waals surface area contributed by atoms with E-state index < -0.39 is 0 Å². The summed E-state index contributed by atoms with van der Waals surface area (Å²) in [7, 11) is 0. The van der Waals surface area contributed by atoms with Crippen molar-refractivity contribution in [3.05, 3.63) is 71.8 Å². The zero-order valence-electron chi connectivity index (χ0n) is 11.6. The Kier molecular flexibility index (Phi) is 4.91. The van der Waals surface area contributed by atoms with Crippen molar-refractivity contribution in [3.63, 3.8) is 0 Å². The zero-order valence-corrected chi connectivity index (χ0v) is 11.6. The van der Waals surface area contributed by atoms with Crippen LogP contribution in [0.25, 0.3) is 0 Å². The summed E-state index contributed by atoms with van der Waals surface area (Å²) >= 11 is 0. The third-order valence-corrected chi connectivity index (χ3v) is 3.41. The molecule has 2 aromatic rings. The van der Waals surface area contributed by atoms with Gasteiger partial charge in [-0.3, -0.25) is 4.79 Å². The van der Waals surface area contributed by atoms with E-state index in [1.165, 1.54) is 0 Å². The largest absolute Gasteiger partial charge is 0.349 e. The number of nitrogens with two attached hydrogens (primary N) is 1. The lowest BCUT2D eigenvalue weighted by molar-refractivity contribution is -0.123. The van der Waals surface area contributed by atoms with Gasteiger partial charge in [-0.25, -0.2) is 0 Å². The molecule has 0 radical (unpaired) electrons. The fraction of sp³-hybridized carbons (Fsp3) is 0.235. The summed E-state index contributed by atoms with van der Waals surface area (Å²) in [6.45, 7) is 2.28. The fourth-order valence-electron chi connectivity index (χ4n) is 2.22. The molecule has 0 aliphatic rings. The van der Waals surface area contributed by atoms with Crippen LogP contribution in [-0.4, -0.2) is 12.5 Å². The van der Waals surface area contributed by atoms with Gasteiger partial charge >= 0.3 is 0 Å². The minimum absolute atomic E-state index is 0.0264. The lowest BCUT2D eigenvalue weighted by Gasteiger charge is -2.19. The number of hydrogen-bond acceptors (Lipinski definition) is 2. The van der Waals surface area contributed by atoms with Crippen LogP contribution in [-0.2, 0) is 4.79 Å². The molecule has 0 aliphatic carbocycles. The zero-order chi connectivity index (χ0) is 14.4. The van der Waals surface area contributed by atoms with Crippen LogP contribution >= 0.6 is 0 Å². The van der Waals surface area contributed by atoms with Gasteiger partial charge < -0.3 is 11.1 Å². The Morgan fingerprint density at radius 2 is 1.50 bits per heavy atom. The van der Waals surface area contributed by atoms with Crippen LogP contribution < -0.4 is 11.1 Å². The molecule has 0 aliphatic heterocycles. The molecule has 1 amide bonds. The van der Waals surface area contributed by atoms with E-state index >= 15 is 0 Å². The maximum Gasteiger partial charge on any atom is 0.229 e. The second kappa shape index (κ2) is 6.87. The van der Waals surface area contributed by atoms with E-state index in [1.807, 2.05) is 67.6 Å². The van der Waals surface area contributed by atoms with E-state index in [-0.39, 0.29) is 17.9 Å². The highest BCUT2D eigenvalue weighted by molar-refractivity contribution is 5.84. The third kappa shape index (κ3) is 3.45. The first kappa shape index (κ1) is 14.3. The van der Waals surface area contributed by atoms with E-state index in [0.717, 1.165) is 11.1 Å². The van der Waals surface area contributed by atoms with E-state index in [0.29, 0.717) is 6.54 Å². The Morgan fingerprint density at radius 3 is 2.00 bits per heavy atom. The average molecular weight is 268 g/mol. The van der Waals surface area contributed by atoms with Crippen molar-refractivity contribution in [2.75, 3.05) is 6.54 Å². The lowest BCUT2D eigenvalue weighted by Crippen LogP contribution is -2.35. The number of amides is 1. The van der Waals surface area contributed by atoms with Gasteiger partial charge in [-0.2, -0.15) is 0 Å². The monoisotopic (exact) mass is 268 g/mol. The van der Waals surface area contributed by atoms with Gasteiger partial charge in [0.25, 0.3) is 0 Å². The Morgan fingerprint density at radius 1 is 1.00 bits per heavy atom. The molecule has 2 atom stereocenters. The Hall–Kier alpha value is -2.13. The minimum atomic E-state index is -0.303. The second-order valence-corrected chi connectivity index (χ2v) is 4.84. The summed E-state index contributed by atoms with van der Waals surface area (Å²) in [5, 5.41) is 3.03. The van der Waals surface area contributed by atoms with Crippen molar-refractivity contribution >= 4 is 5.91 Å². The molecule has 0 bridgehead atoms. The maximum atomic E-state index is 12.4. The van der Waals surface area contributed by atoms with Crippen molar-refractivity contribution in [2.45, 2.75) is 18.9 Å². The summed E-state index contributed by atoms with van der Waals surface area (Å²) in [4.78, 5) is 12.4. The molecule has 104 valence electrons. The highest BCUT2D eigenvalue weighted by Gasteiger charge is 2.20. The second-order valence-electron chi connectivity index (χ2n) is 4.84. The van der Waals surface area contributed by atoms with E-state index in [4.69, 9.17) is 5.73 Å². The number of nitrogens with one attached hydrogen (secondary N) is 1. The molecule has 0 saturated carbocycles. The van der Waals surface area contributed by atoms with Crippen LogP contribution in [0.1, 0.15) is 30.0 Å². The van der Waals surface area contributed by atoms with Crippen molar-refractivity contribution in [2.24, 2.45) is 5.73 Å². The molecule has 0 spiro atoms. The summed E-state index contributed by atoms with van der Waals surface area (Å²) in [5.74, 6) is -0.336. The van der Waals surface area contributed by atoms with Crippen LogP contribution in [0.2, 0.25) is 0 Å². The van der Waals surface area contributed by atoms with Crippen LogP contribution in [0.4, 0.5) is 0 Å². The summed E-state index contributed by atoms with van der Waals surface area (Å²) in [6.07, 6.45) is 0. The Bertz CT molecular complexity index is 539. The van der Waals surface area contributed by atoms with Gasteiger partial charge in [0.2, 0.25) is 5.91 Å². The van der Waals surface area contributed by atoms with Gasteiger partial charge in [0, 0.05) is 6.54 Å². The van der Waals surface area contributed by atoms with E-state index in [2.05, 4.69) is 5.32 Å². The van der Waals surface area contributed by atoms with Crippen LogP contribution in [0, 0.1) is 0 Å². The predicted octanol–water partition coefficient (Wildman–Crippen LogP) is 2.61. The molecule has 0 aromatic heterocycles. The van der Waals surface area contributed by atoms with E-state index in [9.17, 15) is 4.79 Å². The normalized spacial score (nSPS) is 13.5. The molecule has 20 heavy (non-hydrogen) atoms. The first-order valence-corrected chi connectivity index (χ1v) is 6.82.